The van der Waals surface area contributed by atoms with Gasteiger partial charge in [-0.3, -0.25) is 0 Å². The zero-order valence-corrected chi connectivity index (χ0v) is 11.4. The van der Waals surface area contributed by atoms with Gasteiger partial charge in [-0.05, 0) is 38.0 Å². The molecule has 2 unspecified atom stereocenters. The van der Waals surface area contributed by atoms with Gasteiger partial charge in [0.05, 0.1) is 0 Å². The van der Waals surface area contributed by atoms with Gasteiger partial charge in [0.1, 0.15) is 6.04 Å². The van der Waals surface area contributed by atoms with Gasteiger partial charge >= 0.3 is 12.0 Å². The molecule has 1 fully saturated rings. The Labute approximate surface area is 108 Å². The van der Waals surface area contributed by atoms with Crippen LogP contribution in [0.1, 0.15) is 46.5 Å². The number of carboxylic acids is 1. The molecule has 2 amide bonds. The summed E-state index contributed by atoms with van der Waals surface area (Å²) in [5, 5.41) is 14.4. The lowest BCUT2D eigenvalue weighted by molar-refractivity contribution is -0.139. The summed E-state index contributed by atoms with van der Waals surface area (Å²) in [7, 11) is 0. The number of hydrogen-bond acceptors (Lipinski definition) is 2. The SMILES string of the molecule is CC(C)CC(NC(=O)NC(C)C1CCC1)C(=O)O. The molecule has 2 atom stereocenters. The topological polar surface area (TPSA) is 78.4 Å². The molecule has 1 saturated carbocycles. The lowest BCUT2D eigenvalue weighted by Gasteiger charge is -2.32. The predicted octanol–water partition coefficient (Wildman–Crippen LogP) is 1.97. The van der Waals surface area contributed by atoms with Crippen molar-refractivity contribution < 1.29 is 14.7 Å². The number of nitrogens with one attached hydrogen (secondary N) is 2. The van der Waals surface area contributed by atoms with Crippen molar-refractivity contribution in [2.75, 3.05) is 0 Å². The lowest BCUT2D eigenvalue weighted by Crippen LogP contribution is -2.51. The zero-order valence-electron chi connectivity index (χ0n) is 11.4. The molecule has 1 rings (SSSR count). The Balaban J connectivity index is 2.37. The van der Waals surface area contributed by atoms with Crippen LogP contribution in [0.15, 0.2) is 0 Å². The fourth-order valence-corrected chi connectivity index (χ4v) is 2.16. The van der Waals surface area contributed by atoms with Crippen LogP contribution in [0.4, 0.5) is 4.79 Å². The van der Waals surface area contributed by atoms with E-state index in [1.807, 2.05) is 20.8 Å². The maximum atomic E-state index is 11.7. The summed E-state index contributed by atoms with van der Waals surface area (Å²) in [6.07, 6.45) is 3.97. The molecule has 3 N–H and O–H groups in total. The molecule has 0 spiro atoms. The molecule has 0 bridgehead atoms. The van der Waals surface area contributed by atoms with E-state index in [0.717, 1.165) is 12.8 Å². The molecule has 18 heavy (non-hydrogen) atoms. The Kier molecular flexibility index (Phi) is 5.44. The third-order valence-corrected chi connectivity index (χ3v) is 3.53. The first-order valence-electron chi connectivity index (χ1n) is 6.70. The van der Waals surface area contributed by atoms with Crippen LogP contribution in [0.3, 0.4) is 0 Å². The molecule has 0 aromatic carbocycles. The van der Waals surface area contributed by atoms with Crippen LogP contribution in [0.2, 0.25) is 0 Å². The molecule has 0 aromatic heterocycles. The Morgan fingerprint density at radius 2 is 1.83 bits per heavy atom. The standard InChI is InChI=1S/C13H24N2O3/c1-8(2)7-11(12(16)17)15-13(18)14-9(3)10-5-4-6-10/h8-11H,4-7H2,1-3H3,(H,16,17)(H2,14,15,18). The van der Waals surface area contributed by atoms with Crippen molar-refractivity contribution in [1.29, 1.82) is 0 Å². The van der Waals surface area contributed by atoms with Gasteiger partial charge < -0.3 is 15.7 Å². The molecule has 0 aromatic rings. The fraction of sp³-hybridized carbons (Fsp3) is 0.846. The Bertz CT molecular complexity index is 301. The minimum Gasteiger partial charge on any atom is -0.480 e. The second-order valence-electron chi connectivity index (χ2n) is 5.62. The number of aliphatic carboxylic acids is 1. The van der Waals surface area contributed by atoms with Crippen molar-refractivity contribution in [3.8, 4) is 0 Å². The maximum Gasteiger partial charge on any atom is 0.326 e. The summed E-state index contributed by atoms with van der Waals surface area (Å²) in [5.74, 6) is -0.199. The Hall–Kier alpha value is -1.26. The molecule has 1 aliphatic carbocycles. The first kappa shape index (κ1) is 14.8. The van der Waals surface area contributed by atoms with Crippen molar-refractivity contribution in [3.05, 3.63) is 0 Å². The number of hydrogen-bond donors (Lipinski definition) is 3. The van der Waals surface area contributed by atoms with E-state index in [9.17, 15) is 9.59 Å². The Morgan fingerprint density at radius 1 is 1.22 bits per heavy atom. The van der Waals surface area contributed by atoms with Crippen LogP contribution >= 0.6 is 0 Å². The summed E-state index contributed by atoms with van der Waals surface area (Å²) in [5.41, 5.74) is 0. The van der Waals surface area contributed by atoms with E-state index in [4.69, 9.17) is 5.11 Å². The monoisotopic (exact) mass is 256 g/mol. The number of carbonyl (C=O) groups is 2. The van der Waals surface area contributed by atoms with E-state index in [-0.39, 0.29) is 18.0 Å². The van der Waals surface area contributed by atoms with Crippen LogP contribution in [-0.2, 0) is 4.79 Å². The van der Waals surface area contributed by atoms with Crippen LogP contribution in [0.25, 0.3) is 0 Å². The van der Waals surface area contributed by atoms with Gasteiger partial charge in [0.15, 0.2) is 0 Å². The third-order valence-electron chi connectivity index (χ3n) is 3.53. The second kappa shape index (κ2) is 6.61. The van der Waals surface area contributed by atoms with E-state index in [0.29, 0.717) is 12.3 Å². The number of rotatable bonds is 6. The van der Waals surface area contributed by atoms with Crippen LogP contribution in [0, 0.1) is 11.8 Å². The predicted molar refractivity (Wildman–Crippen MR) is 69.3 cm³/mol. The molecule has 1 aliphatic rings. The largest absolute Gasteiger partial charge is 0.480 e. The maximum absolute atomic E-state index is 11.7. The van der Waals surface area contributed by atoms with Gasteiger partial charge in [-0.2, -0.15) is 0 Å². The average molecular weight is 256 g/mol. The molecular weight excluding hydrogens is 232 g/mol. The Morgan fingerprint density at radius 3 is 2.22 bits per heavy atom. The summed E-state index contributed by atoms with van der Waals surface area (Å²) in [6, 6.07) is -1.06. The number of carbonyl (C=O) groups excluding carboxylic acids is 1. The first-order chi connectivity index (χ1) is 8.40. The average Bonchev–Trinajstić information content (AvgIpc) is 2.11. The van der Waals surface area contributed by atoms with Crippen molar-refractivity contribution in [3.63, 3.8) is 0 Å². The smallest absolute Gasteiger partial charge is 0.326 e. The highest BCUT2D eigenvalue weighted by Gasteiger charge is 2.26. The van der Waals surface area contributed by atoms with E-state index in [1.54, 1.807) is 0 Å². The summed E-state index contributed by atoms with van der Waals surface area (Å²) < 4.78 is 0. The molecule has 5 nitrogen and oxygen atoms in total. The lowest BCUT2D eigenvalue weighted by atomic mass is 9.80. The minimum atomic E-state index is -0.977. The first-order valence-corrected chi connectivity index (χ1v) is 6.70. The molecular formula is C13H24N2O3. The van der Waals surface area contributed by atoms with Crippen molar-refractivity contribution in [2.45, 2.75) is 58.5 Å². The van der Waals surface area contributed by atoms with E-state index in [2.05, 4.69) is 10.6 Å². The highest BCUT2D eigenvalue weighted by atomic mass is 16.4. The van der Waals surface area contributed by atoms with Crippen molar-refractivity contribution >= 4 is 12.0 Å². The van der Waals surface area contributed by atoms with E-state index < -0.39 is 12.0 Å². The van der Waals surface area contributed by atoms with Gasteiger partial charge in [-0.25, -0.2) is 9.59 Å². The molecule has 0 radical (unpaired) electrons. The van der Waals surface area contributed by atoms with Crippen LogP contribution in [0.5, 0.6) is 0 Å². The van der Waals surface area contributed by atoms with Gasteiger partial charge in [-0.15, -0.1) is 0 Å². The molecule has 0 heterocycles. The highest BCUT2D eigenvalue weighted by Crippen LogP contribution is 2.29. The van der Waals surface area contributed by atoms with Gasteiger partial charge in [0, 0.05) is 6.04 Å². The van der Waals surface area contributed by atoms with Gasteiger partial charge in [-0.1, -0.05) is 20.3 Å². The summed E-state index contributed by atoms with van der Waals surface area (Å²) >= 11 is 0. The zero-order chi connectivity index (χ0) is 13.7. The van der Waals surface area contributed by atoms with Crippen molar-refractivity contribution in [1.82, 2.24) is 10.6 Å². The van der Waals surface area contributed by atoms with Crippen LogP contribution < -0.4 is 10.6 Å². The second-order valence-corrected chi connectivity index (χ2v) is 5.62. The van der Waals surface area contributed by atoms with Crippen molar-refractivity contribution in [2.24, 2.45) is 11.8 Å². The van der Waals surface area contributed by atoms with Gasteiger partial charge in [0.25, 0.3) is 0 Å². The van der Waals surface area contributed by atoms with Gasteiger partial charge in [0.2, 0.25) is 0 Å². The quantitative estimate of drug-likeness (QED) is 0.680. The summed E-state index contributed by atoms with van der Waals surface area (Å²) in [6.45, 7) is 5.85. The highest BCUT2D eigenvalue weighted by molar-refractivity contribution is 5.82. The van der Waals surface area contributed by atoms with E-state index >= 15 is 0 Å². The van der Waals surface area contributed by atoms with E-state index in [1.165, 1.54) is 6.42 Å². The molecule has 5 heteroatoms. The minimum absolute atomic E-state index is 0.118. The number of amides is 2. The molecule has 0 saturated heterocycles. The normalized spacial score (nSPS) is 18.9. The molecule has 0 aliphatic heterocycles. The summed E-state index contributed by atoms with van der Waals surface area (Å²) in [4.78, 5) is 22.7. The number of urea groups is 1. The fourth-order valence-electron chi connectivity index (χ4n) is 2.16. The molecule has 104 valence electrons. The third kappa shape index (κ3) is 4.55. The number of carboxylic acid groups (broad SMARTS) is 1. The van der Waals surface area contributed by atoms with Crippen LogP contribution in [-0.4, -0.2) is 29.2 Å².